The SMILES string of the molecule is CCCCCCCCCCOC(=O)C1=C(CBr)NC(CBr)=C(C(=O)OCCCCCCCCCC)C1c1ccccc1. The molecular weight excluding hydrogens is 658 g/mol. The van der Waals surface area contributed by atoms with Crippen molar-refractivity contribution in [1.29, 1.82) is 0 Å². The maximum absolute atomic E-state index is 13.6. The number of ether oxygens (including phenoxy) is 2. The van der Waals surface area contributed by atoms with Crippen molar-refractivity contribution in [2.75, 3.05) is 23.9 Å². The van der Waals surface area contributed by atoms with E-state index in [1.165, 1.54) is 64.2 Å². The van der Waals surface area contributed by atoms with Gasteiger partial charge in [-0.1, -0.05) is 166 Å². The fourth-order valence-electron chi connectivity index (χ4n) is 5.44. The van der Waals surface area contributed by atoms with Crippen LogP contribution >= 0.6 is 31.9 Å². The number of alkyl halides is 2. The number of benzene rings is 1. The van der Waals surface area contributed by atoms with Crippen LogP contribution in [0.3, 0.4) is 0 Å². The number of rotatable bonds is 23. The smallest absolute Gasteiger partial charge is 0.336 e. The number of carbonyl (C=O) groups is 2. The van der Waals surface area contributed by atoms with E-state index in [1.54, 1.807) is 0 Å². The van der Waals surface area contributed by atoms with Gasteiger partial charge < -0.3 is 14.8 Å². The van der Waals surface area contributed by atoms with Crippen molar-refractivity contribution in [3.05, 3.63) is 58.4 Å². The monoisotopic (exact) mass is 709 g/mol. The fraction of sp³-hybridized carbons (Fsp3) is 0.657. The van der Waals surface area contributed by atoms with E-state index in [9.17, 15) is 9.59 Å². The number of unbranched alkanes of at least 4 members (excludes halogenated alkanes) is 14. The Kier molecular flexibility index (Phi) is 19.9. The molecule has 0 radical (unpaired) electrons. The molecule has 0 atom stereocenters. The Morgan fingerprint density at radius 3 is 1.38 bits per heavy atom. The molecule has 1 heterocycles. The zero-order chi connectivity index (χ0) is 30.4. The van der Waals surface area contributed by atoms with E-state index in [0.717, 1.165) is 55.5 Å². The second-order valence-electron chi connectivity index (χ2n) is 11.2. The highest BCUT2D eigenvalue weighted by molar-refractivity contribution is 9.09. The van der Waals surface area contributed by atoms with Gasteiger partial charge in [-0.25, -0.2) is 9.59 Å². The van der Waals surface area contributed by atoms with Crippen molar-refractivity contribution < 1.29 is 19.1 Å². The maximum atomic E-state index is 13.6. The van der Waals surface area contributed by atoms with E-state index in [4.69, 9.17) is 9.47 Å². The minimum absolute atomic E-state index is 0.377. The lowest BCUT2D eigenvalue weighted by molar-refractivity contribution is -0.140. The first-order valence-corrected chi connectivity index (χ1v) is 18.6. The minimum Gasteiger partial charge on any atom is -0.462 e. The van der Waals surface area contributed by atoms with Crippen molar-refractivity contribution >= 4 is 43.8 Å². The second-order valence-corrected chi connectivity index (χ2v) is 12.4. The molecule has 1 aromatic rings. The molecule has 0 fully saturated rings. The van der Waals surface area contributed by atoms with Crippen LogP contribution in [-0.2, 0) is 19.1 Å². The third-order valence-corrected chi connectivity index (χ3v) is 8.95. The van der Waals surface area contributed by atoms with Gasteiger partial charge >= 0.3 is 11.9 Å². The first-order chi connectivity index (χ1) is 20.6. The van der Waals surface area contributed by atoms with Gasteiger partial charge in [0.1, 0.15) is 0 Å². The molecule has 0 bridgehead atoms. The lowest BCUT2D eigenvalue weighted by Crippen LogP contribution is -2.35. The molecule has 0 spiro atoms. The van der Waals surface area contributed by atoms with E-state index in [1.807, 2.05) is 30.3 Å². The number of dihydropyridines is 1. The van der Waals surface area contributed by atoms with Crippen LogP contribution in [0.15, 0.2) is 52.9 Å². The van der Waals surface area contributed by atoms with Gasteiger partial charge in [-0.3, -0.25) is 0 Å². The van der Waals surface area contributed by atoms with Gasteiger partial charge in [0.05, 0.1) is 30.3 Å². The summed E-state index contributed by atoms with van der Waals surface area (Å²) in [5.41, 5.74) is 3.26. The number of carbonyl (C=O) groups excluding carboxylic acids is 2. The molecule has 0 amide bonds. The maximum Gasteiger partial charge on any atom is 0.336 e. The summed E-state index contributed by atoms with van der Waals surface area (Å²) in [7, 11) is 0. The quantitative estimate of drug-likeness (QED) is 0.0696. The van der Waals surface area contributed by atoms with Crippen LogP contribution in [0, 0.1) is 0 Å². The number of allylic oxidation sites excluding steroid dienone is 2. The van der Waals surface area contributed by atoms with Crippen molar-refractivity contribution in [3.8, 4) is 0 Å². The molecule has 42 heavy (non-hydrogen) atoms. The first-order valence-electron chi connectivity index (χ1n) is 16.3. The molecule has 1 aliphatic rings. The molecule has 0 saturated heterocycles. The number of halogens is 2. The predicted molar refractivity (Wildman–Crippen MR) is 181 cm³/mol. The molecule has 2 rings (SSSR count). The van der Waals surface area contributed by atoms with Gasteiger partial charge in [-0.2, -0.15) is 0 Å². The molecule has 0 aliphatic carbocycles. The van der Waals surface area contributed by atoms with E-state index < -0.39 is 5.92 Å². The van der Waals surface area contributed by atoms with Crippen LogP contribution in [0.1, 0.15) is 128 Å². The van der Waals surface area contributed by atoms with Crippen molar-refractivity contribution in [1.82, 2.24) is 5.32 Å². The number of hydrogen-bond donors (Lipinski definition) is 1. The predicted octanol–water partition coefficient (Wildman–Crippen LogP) is 10.0. The average Bonchev–Trinajstić information content (AvgIpc) is 3.02. The molecule has 236 valence electrons. The van der Waals surface area contributed by atoms with Gasteiger partial charge in [-0.15, -0.1) is 0 Å². The Labute approximate surface area is 271 Å². The third-order valence-electron chi connectivity index (χ3n) is 7.83. The highest BCUT2D eigenvalue weighted by atomic mass is 79.9. The molecule has 7 heteroatoms. The zero-order valence-electron chi connectivity index (χ0n) is 26.0. The topological polar surface area (TPSA) is 64.6 Å². The first kappa shape index (κ1) is 36.6. The van der Waals surface area contributed by atoms with Gasteiger partial charge in [0.25, 0.3) is 0 Å². The Bertz CT molecular complexity index is 918. The normalized spacial score (nSPS) is 13.8. The van der Waals surface area contributed by atoms with Gasteiger partial charge in [-0.05, 0) is 18.4 Å². The van der Waals surface area contributed by atoms with Gasteiger partial charge in [0.15, 0.2) is 0 Å². The van der Waals surface area contributed by atoms with Crippen LogP contribution in [0.2, 0.25) is 0 Å². The van der Waals surface area contributed by atoms with E-state index >= 15 is 0 Å². The molecule has 0 saturated carbocycles. The summed E-state index contributed by atoms with van der Waals surface area (Å²) in [6.07, 6.45) is 18.9. The zero-order valence-corrected chi connectivity index (χ0v) is 29.2. The van der Waals surface area contributed by atoms with Gasteiger partial charge in [0, 0.05) is 22.1 Å². The van der Waals surface area contributed by atoms with Crippen LogP contribution < -0.4 is 5.32 Å². The van der Waals surface area contributed by atoms with Crippen LogP contribution in [-0.4, -0.2) is 35.8 Å². The fourth-order valence-corrected chi connectivity index (χ4v) is 6.32. The Hall–Kier alpha value is -1.60. The van der Waals surface area contributed by atoms with Gasteiger partial charge in [0.2, 0.25) is 0 Å². The Morgan fingerprint density at radius 2 is 1.00 bits per heavy atom. The van der Waals surface area contributed by atoms with E-state index in [2.05, 4.69) is 51.0 Å². The third kappa shape index (κ3) is 13.0. The largest absolute Gasteiger partial charge is 0.462 e. The van der Waals surface area contributed by atoms with E-state index in [-0.39, 0.29) is 11.9 Å². The van der Waals surface area contributed by atoms with Crippen molar-refractivity contribution in [2.45, 2.75) is 122 Å². The molecule has 0 unspecified atom stereocenters. The highest BCUT2D eigenvalue weighted by Gasteiger charge is 2.39. The lowest BCUT2D eigenvalue weighted by atomic mass is 9.80. The molecule has 1 aliphatic heterocycles. The number of hydrogen-bond acceptors (Lipinski definition) is 5. The summed E-state index contributed by atoms with van der Waals surface area (Å²) in [6.45, 7) is 5.22. The summed E-state index contributed by atoms with van der Waals surface area (Å²) in [4.78, 5) is 27.2. The Morgan fingerprint density at radius 1 is 0.619 bits per heavy atom. The standard InChI is InChI=1S/C35H53Br2NO4/c1-3-5-7-9-11-13-15-20-24-41-34(39)32-29(26-36)38-30(27-37)33(31(32)28-22-18-17-19-23-28)35(40)42-25-21-16-14-12-10-8-6-4-2/h17-19,22-23,31,38H,3-16,20-21,24-27H2,1-2H3. The summed E-state index contributed by atoms with van der Waals surface area (Å²) in [5, 5.41) is 4.23. The summed E-state index contributed by atoms with van der Waals surface area (Å²) < 4.78 is 11.6. The summed E-state index contributed by atoms with van der Waals surface area (Å²) in [6, 6.07) is 9.74. The highest BCUT2D eigenvalue weighted by Crippen LogP contribution is 2.40. The molecule has 1 aromatic carbocycles. The van der Waals surface area contributed by atoms with E-state index in [0.29, 0.717) is 35.0 Å². The molecule has 1 N–H and O–H groups in total. The molecular formula is C35H53Br2NO4. The van der Waals surface area contributed by atoms with Crippen molar-refractivity contribution in [2.24, 2.45) is 0 Å². The van der Waals surface area contributed by atoms with Crippen molar-refractivity contribution in [3.63, 3.8) is 0 Å². The molecule has 0 aromatic heterocycles. The Balaban J connectivity index is 2.07. The molecule has 5 nitrogen and oxygen atoms in total. The lowest BCUT2D eigenvalue weighted by Gasteiger charge is -2.31. The van der Waals surface area contributed by atoms with Crippen LogP contribution in [0.25, 0.3) is 0 Å². The summed E-state index contributed by atoms with van der Waals surface area (Å²) in [5.74, 6) is -1.32. The van der Waals surface area contributed by atoms with Crippen LogP contribution in [0.4, 0.5) is 0 Å². The average molecular weight is 712 g/mol. The minimum atomic E-state index is -0.565. The summed E-state index contributed by atoms with van der Waals surface area (Å²) >= 11 is 7.13. The number of nitrogens with one attached hydrogen (secondary N) is 1. The number of esters is 2. The second kappa shape index (κ2) is 22.9. The van der Waals surface area contributed by atoms with Crippen LogP contribution in [0.5, 0.6) is 0 Å².